The Bertz CT molecular complexity index is 229. The third-order valence-electron chi connectivity index (χ3n) is 1.63. The summed E-state index contributed by atoms with van der Waals surface area (Å²) in [4.78, 5) is 0. The molecule has 1 saturated carbocycles. The van der Waals surface area contributed by atoms with Crippen molar-refractivity contribution in [2.45, 2.75) is 19.3 Å². The molecule has 1 N–H and O–H groups in total. The van der Waals surface area contributed by atoms with Crippen molar-refractivity contribution in [1.82, 2.24) is 15.4 Å². The van der Waals surface area contributed by atoms with E-state index in [1.807, 2.05) is 0 Å². The summed E-state index contributed by atoms with van der Waals surface area (Å²) in [5.74, 6) is 0.830. The van der Waals surface area contributed by atoms with Crippen molar-refractivity contribution in [2.75, 3.05) is 0 Å². The molecule has 9 heavy (non-hydrogen) atoms. The fraction of sp³-hybridized carbons (Fsp3) is 0.667. The zero-order valence-electron chi connectivity index (χ0n) is 6.12. The van der Waals surface area contributed by atoms with E-state index in [2.05, 4.69) is 10.3 Å². The highest BCUT2D eigenvalue weighted by atomic mass is 15.3. The first-order chi connectivity index (χ1) is 4.84. The topological polar surface area (TPSA) is 41.6 Å². The normalized spacial score (nSPS) is 19.8. The van der Waals surface area contributed by atoms with Crippen LogP contribution < -0.4 is 0 Å². The van der Waals surface area contributed by atoms with Gasteiger partial charge < -0.3 is 0 Å². The predicted octanol–water partition coefficient (Wildman–Crippen LogP) is 0.757. The number of H-pyrrole nitrogens is 1. The summed E-state index contributed by atoms with van der Waals surface area (Å²) < 4.78 is 7.02. The minimum absolute atomic E-state index is 0.830. The molecule has 3 nitrogen and oxygen atoms in total. The molecule has 1 aliphatic carbocycles. The molecule has 0 radical (unpaired) electrons. The molecular weight excluding hydrogens is 114 g/mol. The maximum absolute atomic E-state index is 7.02. The van der Waals surface area contributed by atoms with Gasteiger partial charge in [-0.2, -0.15) is 0 Å². The Hall–Kier alpha value is -0.860. The molecule has 0 spiro atoms. The Morgan fingerprint density at radius 1 is 1.89 bits per heavy atom. The van der Waals surface area contributed by atoms with Crippen LogP contribution in [-0.4, -0.2) is 15.4 Å². The maximum atomic E-state index is 7.02. The summed E-state index contributed by atoms with van der Waals surface area (Å²) in [6.07, 6.45) is 5.33. The number of hydrogen-bond acceptors (Lipinski definition) is 2. The third-order valence-corrected chi connectivity index (χ3v) is 1.63. The lowest BCUT2D eigenvalue weighted by molar-refractivity contribution is 0.792. The highest BCUT2D eigenvalue weighted by molar-refractivity contribution is 4.95. The van der Waals surface area contributed by atoms with Crippen molar-refractivity contribution in [2.24, 2.45) is 5.92 Å². The Morgan fingerprint density at radius 2 is 2.78 bits per heavy atom. The van der Waals surface area contributed by atoms with Gasteiger partial charge in [-0.1, -0.05) is 5.21 Å². The molecule has 1 heterocycles. The van der Waals surface area contributed by atoms with Crippen LogP contribution in [0.4, 0.5) is 0 Å². The van der Waals surface area contributed by atoms with Gasteiger partial charge in [-0.3, -0.25) is 5.09 Å². The van der Waals surface area contributed by atoms with Crippen LogP contribution in [-0.2, 0) is 6.42 Å². The molecular formula is C6H9N3. The molecule has 3 heteroatoms. The number of nitrogens with one attached hydrogen (secondary N) is 1. The summed E-state index contributed by atoms with van der Waals surface area (Å²) in [7, 11) is 0. The summed E-state index contributed by atoms with van der Waals surface area (Å²) >= 11 is 0. The van der Waals surface area contributed by atoms with Gasteiger partial charge in [0, 0.05) is 6.20 Å². The monoisotopic (exact) mass is 124 g/mol. The molecule has 0 amide bonds. The summed E-state index contributed by atoms with van der Waals surface area (Å²) in [6.45, 7) is 0. The Labute approximate surface area is 54.9 Å². The third kappa shape index (κ3) is 1.09. The van der Waals surface area contributed by atoms with Gasteiger partial charge in [-0.15, -0.1) is 5.10 Å². The van der Waals surface area contributed by atoms with Crippen molar-refractivity contribution in [3.63, 3.8) is 0 Å². The van der Waals surface area contributed by atoms with E-state index >= 15 is 0 Å². The summed E-state index contributed by atoms with van der Waals surface area (Å²) in [5, 5.41) is 8.36. The van der Waals surface area contributed by atoms with Crippen LogP contribution in [0.3, 0.4) is 0 Å². The van der Waals surface area contributed by atoms with Gasteiger partial charge in [-0.05, 0) is 25.2 Å². The summed E-state index contributed by atoms with van der Waals surface area (Å²) in [6, 6.07) is 0. The molecule has 0 bridgehead atoms. The molecule has 0 saturated heterocycles. The van der Waals surface area contributed by atoms with Crippen molar-refractivity contribution in [3.05, 3.63) is 11.9 Å². The minimum Gasteiger partial charge on any atom is -0.265 e. The smallest absolute Gasteiger partial charge is 0.191 e. The van der Waals surface area contributed by atoms with E-state index in [1.165, 1.54) is 12.8 Å². The van der Waals surface area contributed by atoms with Crippen molar-refractivity contribution < 1.29 is 1.41 Å². The zero-order chi connectivity index (χ0) is 6.97. The number of aromatic amines is 1. The largest absolute Gasteiger partial charge is 0.265 e. The lowest BCUT2D eigenvalue weighted by Crippen LogP contribution is -1.85. The fourth-order valence-corrected chi connectivity index (χ4v) is 0.913. The first-order valence-corrected chi connectivity index (χ1v) is 3.25. The summed E-state index contributed by atoms with van der Waals surface area (Å²) in [5.41, 5.74) is 0.956. The quantitative estimate of drug-likeness (QED) is 0.632. The maximum Gasteiger partial charge on any atom is 0.191 e. The van der Waals surface area contributed by atoms with Crippen LogP contribution in [0, 0.1) is 5.92 Å². The molecule has 48 valence electrons. The van der Waals surface area contributed by atoms with E-state index < -0.39 is 0 Å². The van der Waals surface area contributed by atoms with Gasteiger partial charge in [-0.25, -0.2) is 0 Å². The number of nitrogens with zero attached hydrogens (tertiary/aromatic N) is 2. The van der Waals surface area contributed by atoms with Gasteiger partial charge >= 0.3 is 0 Å². The van der Waals surface area contributed by atoms with E-state index in [0.717, 1.165) is 23.1 Å². The minimum atomic E-state index is 0.830. The van der Waals surface area contributed by atoms with Crippen molar-refractivity contribution in [1.29, 1.82) is 0 Å². The second kappa shape index (κ2) is 1.83. The number of rotatable bonds is 2. The van der Waals surface area contributed by atoms with Gasteiger partial charge in [0.05, 0.1) is 5.69 Å². The van der Waals surface area contributed by atoms with E-state index in [-0.39, 0.29) is 0 Å². The zero-order valence-corrected chi connectivity index (χ0v) is 5.12. The van der Waals surface area contributed by atoms with Gasteiger partial charge in [0.15, 0.2) is 1.41 Å². The molecule has 2 rings (SSSR count). The van der Waals surface area contributed by atoms with E-state index in [4.69, 9.17) is 1.41 Å². The van der Waals surface area contributed by atoms with Crippen molar-refractivity contribution in [3.8, 4) is 0 Å². The van der Waals surface area contributed by atoms with E-state index in [9.17, 15) is 0 Å². The molecule has 1 aliphatic rings. The van der Waals surface area contributed by atoms with Crippen LogP contribution in [0.2, 0.25) is 1.41 Å². The van der Waals surface area contributed by atoms with Crippen LogP contribution >= 0.6 is 0 Å². The van der Waals surface area contributed by atoms with E-state index in [0.29, 0.717) is 0 Å². The Morgan fingerprint density at radius 3 is 3.33 bits per heavy atom. The average molecular weight is 124 g/mol. The first kappa shape index (κ1) is 4.04. The standard InChI is InChI=1S/C6H9N3/c1-2-5(1)3-6-4-7-9-8-6/h4-5H,1-3H2,(H,7,8,9)/i/hD. The lowest BCUT2D eigenvalue weighted by Gasteiger charge is -1.85. The van der Waals surface area contributed by atoms with Crippen LogP contribution in [0.5, 0.6) is 0 Å². The van der Waals surface area contributed by atoms with Gasteiger partial charge in [0.1, 0.15) is 0 Å². The molecule has 0 aliphatic heterocycles. The Kier molecular flexibility index (Phi) is 0.819. The molecule has 0 atom stereocenters. The fourth-order valence-electron chi connectivity index (χ4n) is 0.913. The first-order valence-electron chi connectivity index (χ1n) is 3.70. The molecule has 0 unspecified atom stereocenters. The van der Waals surface area contributed by atoms with E-state index in [1.54, 1.807) is 6.20 Å². The van der Waals surface area contributed by atoms with Gasteiger partial charge in [0.25, 0.3) is 0 Å². The van der Waals surface area contributed by atoms with Crippen LogP contribution in [0.1, 0.15) is 18.5 Å². The second-order valence-electron chi connectivity index (χ2n) is 2.57. The molecule has 1 aromatic heterocycles. The highest BCUT2D eigenvalue weighted by Gasteiger charge is 2.22. The average Bonchev–Trinajstić information content (AvgIpc) is 2.59. The lowest BCUT2D eigenvalue weighted by atomic mass is 10.2. The molecule has 1 fully saturated rings. The van der Waals surface area contributed by atoms with Crippen LogP contribution in [0.25, 0.3) is 0 Å². The Balaban J connectivity index is 2.03. The van der Waals surface area contributed by atoms with Gasteiger partial charge in [0.2, 0.25) is 0 Å². The SMILES string of the molecule is [2H]n1cc(CC2CC2)nn1. The van der Waals surface area contributed by atoms with Crippen LogP contribution in [0.15, 0.2) is 6.20 Å². The predicted molar refractivity (Wildman–Crippen MR) is 32.8 cm³/mol. The number of aromatic nitrogens is 3. The van der Waals surface area contributed by atoms with Crippen molar-refractivity contribution >= 4 is 0 Å². The number of hydrogen-bond donors (Lipinski definition) is 1. The molecule has 1 aromatic rings. The highest BCUT2D eigenvalue weighted by Crippen LogP contribution is 2.31. The second-order valence-corrected chi connectivity index (χ2v) is 2.57. The molecule has 0 aromatic carbocycles.